The van der Waals surface area contributed by atoms with Gasteiger partial charge in [-0.1, -0.05) is 66.7 Å². The summed E-state index contributed by atoms with van der Waals surface area (Å²) in [5.41, 5.74) is 0. The third-order valence-electron chi connectivity index (χ3n) is 3.28. The number of unbranched alkanes of at least 4 members (excludes halogenated alkanes) is 4. The number of aliphatic hydroxyl groups is 3. The van der Waals surface area contributed by atoms with Crippen LogP contribution in [0.4, 0.5) is 0 Å². The average Bonchev–Trinajstić information content (AvgIpc) is 2.59. The van der Waals surface area contributed by atoms with Gasteiger partial charge in [0.15, 0.2) is 0 Å². The van der Waals surface area contributed by atoms with Crippen LogP contribution >= 0.6 is 0 Å². The van der Waals surface area contributed by atoms with Gasteiger partial charge in [-0.15, -0.1) is 0 Å². The van der Waals surface area contributed by atoms with Crippen LogP contribution in [-0.2, 0) is 26.5 Å². The second kappa shape index (κ2) is 39.9. The zero-order chi connectivity index (χ0) is 20.3. The third-order valence-corrected chi connectivity index (χ3v) is 3.28. The van der Waals surface area contributed by atoms with E-state index in [0.717, 1.165) is 64.2 Å². The van der Waals surface area contributed by atoms with Crippen LogP contribution in [0.1, 0.15) is 98.8 Å². The number of carbonyl (C=O) groups is 1. The van der Waals surface area contributed by atoms with Gasteiger partial charge < -0.3 is 20.4 Å². The van der Waals surface area contributed by atoms with E-state index in [1.165, 1.54) is 0 Å². The van der Waals surface area contributed by atoms with Crippen molar-refractivity contribution in [3.8, 4) is 0 Å². The molecule has 4 N–H and O–H groups in total. The molecule has 0 aromatic heterocycles. The van der Waals surface area contributed by atoms with E-state index in [0.29, 0.717) is 19.8 Å². The van der Waals surface area contributed by atoms with E-state index < -0.39 is 5.97 Å². The Morgan fingerprint density at radius 2 is 1.00 bits per heavy atom. The molecule has 0 aliphatic heterocycles. The molecule has 160 valence electrons. The maximum absolute atomic E-state index is 10.4. The van der Waals surface area contributed by atoms with E-state index in [-0.39, 0.29) is 27.6 Å². The normalized spacial score (nSPS) is 9.85. The Hall–Kier alpha value is 0.0643. The first-order valence-electron chi connectivity index (χ1n) is 10.0. The molecule has 0 heterocycles. The van der Waals surface area contributed by atoms with Gasteiger partial charge in [-0.25, -0.2) is 0 Å². The van der Waals surface area contributed by atoms with Crippen LogP contribution in [-0.4, -0.2) is 46.2 Å². The molecule has 0 aromatic carbocycles. The van der Waals surface area contributed by atoms with Crippen LogP contribution < -0.4 is 0 Å². The minimum Gasteiger partial charge on any atom is -0.481 e. The average molecular weight is 414 g/mol. The zero-order valence-electron chi connectivity index (χ0n) is 18.0. The molecular weight excluding hydrogens is 368 g/mol. The van der Waals surface area contributed by atoms with Gasteiger partial charge in [0, 0.05) is 41.5 Å². The molecule has 0 rings (SSSR count). The molecule has 0 bridgehead atoms. The number of aliphatic hydroxyl groups excluding tert-OH is 3. The molecule has 26 heavy (non-hydrogen) atoms. The van der Waals surface area contributed by atoms with Crippen molar-refractivity contribution in [2.75, 3.05) is 19.8 Å². The molecule has 1 atom stereocenters. The molecule has 6 heteroatoms. The number of aliphatic carboxylic acids is 1. The van der Waals surface area contributed by atoms with E-state index in [9.17, 15) is 4.79 Å². The first kappa shape index (κ1) is 36.9. The number of rotatable bonds is 11. The predicted molar refractivity (Wildman–Crippen MR) is 107 cm³/mol. The van der Waals surface area contributed by atoms with E-state index in [2.05, 4.69) is 27.7 Å². The number of carboxylic acids is 1. The van der Waals surface area contributed by atoms with Crippen LogP contribution in [0.25, 0.3) is 0 Å². The van der Waals surface area contributed by atoms with Crippen LogP contribution in [0.2, 0.25) is 0 Å². The van der Waals surface area contributed by atoms with E-state index in [4.69, 9.17) is 20.4 Å². The Morgan fingerprint density at radius 1 is 0.692 bits per heavy atom. The van der Waals surface area contributed by atoms with Gasteiger partial charge in [0.05, 0.1) is 5.92 Å². The Bertz CT molecular complexity index is 196. The summed E-state index contributed by atoms with van der Waals surface area (Å²) in [5.74, 6) is -0.754. The maximum atomic E-state index is 10.4. The SMILES string of the molecule is CCCCC(CC)C(=O)O.CCCCO.CCCCO.CCCCO.[Ti]. The Kier molecular flexibility index (Phi) is 56.7. The van der Waals surface area contributed by atoms with Gasteiger partial charge in [0.25, 0.3) is 0 Å². The van der Waals surface area contributed by atoms with Crippen LogP contribution in [0.5, 0.6) is 0 Å². The summed E-state index contributed by atoms with van der Waals surface area (Å²) < 4.78 is 0. The molecule has 0 aliphatic rings. The zero-order valence-corrected chi connectivity index (χ0v) is 19.5. The second-order valence-electron chi connectivity index (χ2n) is 5.82. The van der Waals surface area contributed by atoms with Crippen molar-refractivity contribution in [2.24, 2.45) is 5.92 Å². The fraction of sp³-hybridized carbons (Fsp3) is 0.950. The van der Waals surface area contributed by atoms with Gasteiger partial charge in [-0.05, 0) is 32.1 Å². The minimum atomic E-state index is -0.643. The van der Waals surface area contributed by atoms with Crippen molar-refractivity contribution < 1.29 is 46.9 Å². The summed E-state index contributed by atoms with van der Waals surface area (Å²) in [4.78, 5) is 10.4. The Balaban J connectivity index is -0.0000000794. The molecule has 0 radical (unpaired) electrons. The Morgan fingerprint density at radius 3 is 1.12 bits per heavy atom. The number of hydrogen-bond acceptors (Lipinski definition) is 4. The largest absolute Gasteiger partial charge is 0.481 e. The summed E-state index contributed by atoms with van der Waals surface area (Å²) in [6.45, 7) is 11.2. The van der Waals surface area contributed by atoms with Crippen molar-refractivity contribution in [2.45, 2.75) is 98.8 Å². The molecular formula is C20H46O5Ti. The van der Waals surface area contributed by atoms with Crippen molar-refractivity contribution >= 4 is 5.97 Å². The summed E-state index contributed by atoms with van der Waals surface area (Å²) in [6.07, 6.45) is 9.83. The molecule has 1 unspecified atom stereocenters. The van der Waals surface area contributed by atoms with E-state index in [1.807, 2.05) is 6.92 Å². The van der Waals surface area contributed by atoms with Gasteiger partial charge >= 0.3 is 5.97 Å². The van der Waals surface area contributed by atoms with Gasteiger partial charge in [-0.2, -0.15) is 0 Å². The van der Waals surface area contributed by atoms with Crippen molar-refractivity contribution in [3.63, 3.8) is 0 Å². The monoisotopic (exact) mass is 414 g/mol. The number of carboxylic acid groups (broad SMARTS) is 1. The van der Waals surface area contributed by atoms with Crippen LogP contribution in [0.3, 0.4) is 0 Å². The minimum absolute atomic E-state index is 0. The van der Waals surface area contributed by atoms with Crippen LogP contribution in [0, 0.1) is 5.92 Å². The van der Waals surface area contributed by atoms with Crippen molar-refractivity contribution in [1.82, 2.24) is 0 Å². The van der Waals surface area contributed by atoms with Crippen molar-refractivity contribution in [1.29, 1.82) is 0 Å². The van der Waals surface area contributed by atoms with Gasteiger partial charge in [0.2, 0.25) is 0 Å². The topological polar surface area (TPSA) is 98.0 Å². The summed E-state index contributed by atoms with van der Waals surface area (Å²) in [6, 6.07) is 0. The van der Waals surface area contributed by atoms with E-state index in [1.54, 1.807) is 0 Å². The third kappa shape index (κ3) is 49.6. The quantitative estimate of drug-likeness (QED) is 0.370. The van der Waals surface area contributed by atoms with Crippen LogP contribution in [0.15, 0.2) is 0 Å². The molecule has 5 nitrogen and oxygen atoms in total. The fourth-order valence-corrected chi connectivity index (χ4v) is 1.43. The fourth-order valence-electron chi connectivity index (χ4n) is 1.43. The Labute approximate surface area is 177 Å². The van der Waals surface area contributed by atoms with Crippen molar-refractivity contribution in [3.05, 3.63) is 0 Å². The summed E-state index contributed by atoms with van der Waals surface area (Å²) in [7, 11) is 0. The summed E-state index contributed by atoms with van der Waals surface area (Å²) in [5, 5.41) is 32.8. The first-order chi connectivity index (χ1) is 12.0. The van der Waals surface area contributed by atoms with Gasteiger partial charge in [0.1, 0.15) is 0 Å². The molecule has 0 fully saturated rings. The number of hydrogen-bond donors (Lipinski definition) is 4. The molecule has 0 saturated carbocycles. The first-order valence-corrected chi connectivity index (χ1v) is 10.0. The second-order valence-corrected chi connectivity index (χ2v) is 5.82. The smallest absolute Gasteiger partial charge is 0.306 e. The maximum Gasteiger partial charge on any atom is 0.306 e. The summed E-state index contributed by atoms with van der Waals surface area (Å²) >= 11 is 0. The predicted octanol–water partition coefficient (Wildman–Crippen LogP) is 4.62. The molecule has 0 spiro atoms. The molecule has 0 saturated heterocycles. The molecule has 0 aromatic rings. The molecule has 0 amide bonds. The standard InChI is InChI=1S/C8H16O2.3C4H10O.Ti/c1-3-5-6-7(4-2)8(9)10;3*1-2-3-4-5;/h7H,3-6H2,1-2H3,(H,9,10);3*5H,2-4H2,1H3;. The molecule has 0 aliphatic carbocycles. The van der Waals surface area contributed by atoms with E-state index >= 15 is 0 Å². The van der Waals surface area contributed by atoms with Gasteiger partial charge in [-0.3, -0.25) is 4.79 Å².